The minimum atomic E-state index is 0.178. The molecule has 0 aromatic carbocycles. The molecule has 0 saturated heterocycles. The second kappa shape index (κ2) is 6.14. The topological polar surface area (TPSA) is 52.3 Å². The third-order valence-corrected chi connectivity index (χ3v) is 2.97. The number of Topliss-reactive ketones (excluding diaryl/α,β-unsaturated/α-hetero) is 1. The molecule has 0 aliphatic heterocycles. The van der Waals surface area contributed by atoms with Crippen LogP contribution >= 0.6 is 0 Å². The molecule has 0 radical (unpaired) electrons. The fourth-order valence-electron chi connectivity index (χ4n) is 2.17. The lowest BCUT2D eigenvalue weighted by molar-refractivity contribution is -0.128. The minimum Gasteiger partial charge on any atom is -0.374 e. The zero-order chi connectivity index (χ0) is 10.4. The summed E-state index contributed by atoms with van der Waals surface area (Å²) in [6.45, 7) is 3.66. The Morgan fingerprint density at radius 2 is 2.29 bits per heavy atom. The normalized spacial score (nSPS) is 26.7. The monoisotopic (exact) mass is 199 g/mol. The van der Waals surface area contributed by atoms with Gasteiger partial charge in [0, 0.05) is 12.5 Å². The quantitative estimate of drug-likeness (QED) is 0.657. The summed E-state index contributed by atoms with van der Waals surface area (Å²) in [7, 11) is 0. The van der Waals surface area contributed by atoms with Crippen LogP contribution in [0.1, 0.15) is 32.6 Å². The Labute approximate surface area is 86.0 Å². The van der Waals surface area contributed by atoms with E-state index >= 15 is 0 Å². The lowest BCUT2D eigenvalue weighted by Gasteiger charge is -2.16. The van der Waals surface area contributed by atoms with Gasteiger partial charge in [-0.1, -0.05) is 13.3 Å². The van der Waals surface area contributed by atoms with E-state index in [9.17, 15) is 4.79 Å². The van der Waals surface area contributed by atoms with Gasteiger partial charge in [-0.15, -0.1) is 0 Å². The van der Waals surface area contributed by atoms with Gasteiger partial charge in [-0.3, -0.25) is 4.79 Å². The van der Waals surface area contributed by atoms with Gasteiger partial charge < -0.3 is 10.5 Å². The van der Waals surface area contributed by atoms with Gasteiger partial charge in [0.05, 0.1) is 0 Å². The highest BCUT2D eigenvalue weighted by atomic mass is 16.5. The lowest BCUT2D eigenvalue weighted by Crippen LogP contribution is -2.28. The van der Waals surface area contributed by atoms with Gasteiger partial charge in [-0.05, 0) is 31.7 Å². The molecule has 0 aromatic rings. The Hall–Kier alpha value is -0.410. The molecular formula is C11H21NO2. The van der Waals surface area contributed by atoms with Crippen LogP contribution in [-0.2, 0) is 9.53 Å². The van der Waals surface area contributed by atoms with Crippen LogP contribution in [0.5, 0.6) is 0 Å². The molecule has 1 aliphatic rings. The van der Waals surface area contributed by atoms with Gasteiger partial charge in [-0.25, -0.2) is 0 Å². The maximum atomic E-state index is 11.7. The molecule has 0 aromatic heterocycles. The number of carbonyl (C=O) groups is 1. The molecule has 0 heterocycles. The smallest absolute Gasteiger partial charge is 0.161 e. The SMILES string of the molecule is CCCOCC(=O)C1CCCC1CN. The van der Waals surface area contributed by atoms with E-state index in [0.29, 0.717) is 19.1 Å². The lowest BCUT2D eigenvalue weighted by atomic mass is 9.92. The molecule has 3 nitrogen and oxygen atoms in total. The molecule has 3 heteroatoms. The number of ketones is 1. The first-order valence-corrected chi connectivity index (χ1v) is 5.60. The molecule has 1 saturated carbocycles. The Morgan fingerprint density at radius 3 is 2.93 bits per heavy atom. The van der Waals surface area contributed by atoms with Gasteiger partial charge in [-0.2, -0.15) is 0 Å². The van der Waals surface area contributed by atoms with Gasteiger partial charge in [0.1, 0.15) is 6.61 Å². The largest absolute Gasteiger partial charge is 0.374 e. The predicted octanol–water partition coefficient (Wildman–Crippen LogP) is 1.36. The van der Waals surface area contributed by atoms with E-state index in [0.717, 1.165) is 25.7 Å². The van der Waals surface area contributed by atoms with E-state index in [1.165, 1.54) is 0 Å². The summed E-state index contributed by atoms with van der Waals surface area (Å²) in [6.07, 6.45) is 4.24. The number of rotatable bonds is 6. The maximum absolute atomic E-state index is 11.7. The maximum Gasteiger partial charge on any atom is 0.161 e. The molecule has 1 rings (SSSR count). The number of hydrogen-bond donors (Lipinski definition) is 1. The fourth-order valence-corrected chi connectivity index (χ4v) is 2.17. The molecule has 0 bridgehead atoms. The first-order chi connectivity index (χ1) is 6.79. The van der Waals surface area contributed by atoms with Crippen molar-refractivity contribution in [2.24, 2.45) is 17.6 Å². The molecule has 0 spiro atoms. The van der Waals surface area contributed by atoms with Crippen LogP contribution in [0.25, 0.3) is 0 Å². The minimum absolute atomic E-state index is 0.178. The second-order valence-corrected chi connectivity index (χ2v) is 4.05. The summed E-state index contributed by atoms with van der Waals surface area (Å²) in [5.41, 5.74) is 5.62. The van der Waals surface area contributed by atoms with Crippen LogP contribution in [0.2, 0.25) is 0 Å². The van der Waals surface area contributed by atoms with Crippen molar-refractivity contribution in [1.29, 1.82) is 0 Å². The van der Waals surface area contributed by atoms with Crippen LogP contribution in [0.4, 0.5) is 0 Å². The van der Waals surface area contributed by atoms with Crippen molar-refractivity contribution < 1.29 is 9.53 Å². The first kappa shape index (κ1) is 11.7. The fraction of sp³-hybridized carbons (Fsp3) is 0.909. The van der Waals surface area contributed by atoms with Crippen molar-refractivity contribution in [3.8, 4) is 0 Å². The van der Waals surface area contributed by atoms with Gasteiger partial charge in [0.2, 0.25) is 0 Å². The number of carbonyl (C=O) groups excluding carboxylic acids is 1. The molecule has 2 atom stereocenters. The molecule has 2 N–H and O–H groups in total. The van der Waals surface area contributed by atoms with E-state index in [1.807, 2.05) is 6.92 Å². The standard InChI is InChI=1S/C11H21NO2/c1-2-6-14-8-11(13)10-5-3-4-9(10)7-12/h9-10H,2-8,12H2,1H3. The van der Waals surface area contributed by atoms with Gasteiger partial charge in [0.25, 0.3) is 0 Å². The van der Waals surface area contributed by atoms with Gasteiger partial charge >= 0.3 is 0 Å². The van der Waals surface area contributed by atoms with Crippen molar-refractivity contribution >= 4 is 5.78 Å². The van der Waals surface area contributed by atoms with E-state index in [1.54, 1.807) is 0 Å². The van der Waals surface area contributed by atoms with Crippen molar-refractivity contribution in [2.45, 2.75) is 32.6 Å². The average Bonchev–Trinajstić information content (AvgIpc) is 2.65. The highest BCUT2D eigenvalue weighted by Crippen LogP contribution is 2.31. The number of ether oxygens (including phenoxy) is 1. The summed E-state index contributed by atoms with van der Waals surface area (Å²) < 4.78 is 5.26. The molecule has 0 amide bonds. The van der Waals surface area contributed by atoms with E-state index < -0.39 is 0 Å². The number of nitrogens with two attached hydrogens (primary N) is 1. The van der Waals surface area contributed by atoms with Crippen LogP contribution in [-0.4, -0.2) is 25.5 Å². The van der Waals surface area contributed by atoms with E-state index in [2.05, 4.69) is 0 Å². The summed E-state index contributed by atoms with van der Waals surface area (Å²) >= 11 is 0. The van der Waals surface area contributed by atoms with Crippen molar-refractivity contribution in [3.63, 3.8) is 0 Å². The third kappa shape index (κ3) is 3.07. The second-order valence-electron chi connectivity index (χ2n) is 4.05. The third-order valence-electron chi connectivity index (χ3n) is 2.97. The molecule has 1 fully saturated rings. The van der Waals surface area contributed by atoms with Crippen molar-refractivity contribution in [1.82, 2.24) is 0 Å². The zero-order valence-electron chi connectivity index (χ0n) is 9.00. The van der Waals surface area contributed by atoms with Crippen LogP contribution in [0.15, 0.2) is 0 Å². The summed E-state index contributed by atoms with van der Waals surface area (Å²) in [5.74, 6) is 0.844. The highest BCUT2D eigenvalue weighted by Gasteiger charge is 2.31. The first-order valence-electron chi connectivity index (χ1n) is 5.60. The Bertz CT molecular complexity index is 182. The summed E-state index contributed by atoms with van der Waals surface area (Å²) in [6, 6.07) is 0. The summed E-state index contributed by atoms with van der Waals surface area (Å²) in [4.78, 5) is 11.7. The number of hydrogen-bond acceptors (Lipinski definition) is 3. The van der Waals surface area contributed by atoms with Crippen LogP contribution in [0, 0.1) is 11.8 Å². The molecule has 1 aliphatic carbocycles. The van der Waals surface area contributed by atoms with Crippen LogP contribution < -0.4 is 5.73 Å². The Balaban J connectivity index is 2.28. The Morgan fingerprint density at radius 1 is 1.50 bits per heavy atom. The zero-order valence-corrected chi connectivity index (χ0v) is 9.00. The molecule has 2 unspecified atom stereocenters. The van der Waals surface area contributed by atoms with Crippen molar-refractivity contribution in [2.75, 3.05) is 19.8 Å². The molecule has 82 valence electrons. The van der Waals surface area contributed by atoms with Crippen LogP contribution in [0.3, 0.4) is 0 Å². The summed E-state index contributed by atoms with van der Waals surface area (Å²) in [5, 5.41) is 0. The average molecular weight is 199 g/mol. The van der Waals surface area contributed by atoms with Crippen molar-refractivity contribution in [3.05, 3.63) is 0 Å². The van der Waals surface area contributed by atoms with E-state index in [-0.39, 0.29) is 18.3 Å². The van der Waals surface area contributed by atoms with Gasteiger partial charge in [0.15, 0.2) is 5.78 Å². The van der Waals surface area contributed by atoms with E-state index in [4.69, 9.17) is 10.5 Å². The Kier molecular flexibility index (Phi) is 5.12. The molecule has 14 heavy (non-hydrogen) atoms. The molecular weight excluding hydrogens is 178 g/mol. The predicted molar refractivity (Wildman–Crippen MR) is 56.0 cm³/mol. The highest BCUT2D eigenvalue weighted by molar-refractivity contribution is 5.82.